The van der Waals surface area contributed by atoms with Gasteiger partial charge in [-0.3, -0.25) is 9.59 Å². The molecule has 0 aliphatic heterocycles. The van der Waals surface area contributed by atoms with Gasteiger partial charge in [-0.1, -0.05) is 56.3 Å². The Balaban J connectivity index is 1.86. The molecule has 2 aromatic carbocycles. The number of amides is 1. The Morgan fingerprint density at radius 2 is 1.85 bits per heavy atom. The number of hydrogen-bond donors (Lipinski definition) is 1. The van der Waals surface area contributed by atoms with Crippen LogP contribution in [0.2, 0.25) is 0 Å². The minimum atomic E-state index is -0.284. The molecular weight excluding hydrogens is 326 g/mol. The standard InChI is InChI=1S/C21H23N3O2/c1-15(2)12-13-22-20(25)14-24-21(26)11-10-19(23-24)18-9-5-7-16-6-3-4-8-17(16)18/h3-11,15H,12-14H2,1-2H3,(H,22,25). The summed E-state index contributed by atoms with van der Waals surface area (Å²) < 4.78 is 1.22. The highest BCUT2D eigenvalue weighted by molar-refractivity contribution is 5.95. The lowest BCUT2D eigenvalue weighted by atomic mass is 10.0. The van der Waals surface area contributed by atoms with E-state index in [1.807, 2.05) is 42.5 Å². The van der Waals surface area contributed by atoms with Crippen molar-refractivity contribution in [2.75, 3.05) is 6.54 Å². The maximum Gasteiger partial charge on any atom is 0.267 e. The summed E-state index contributed by atoms with van der Waals surface area (Å²) in [5.41, 5.74) is 1.33. The molecule has 1 N–H and O–H groups in total. The summed E-state index contributed by atoms with van der Waals surface area (Å²) >= 11 is 0. The summed E-state index contributed by atoms with van der Waals surface area (Å²) in [6.07, 6.45) is 0.907. The molecule has 0 aliphatic carbocycles. The number of nitrogens with one attached hydrogen (secondary N) is 1. The molecule has 3 rings (SSSR count). The lowest BCUT2D eigenvalue weighted by Gasteiger charge is -2.10. The molecule has 3 aromatic rings. The molecule has 0 saturated heterocycles. The second-order valence-electron chi connectivity index (χ2n) is 6.77. The first-order valence-corrected chi connectivity index (χ1v) is 8.87. The number of carbonyl (C=O) groups excluding carboxylic acids is 1. The van der Waals surface area contributed by atoms with E-state index in [9.17, 15) is 9.59 Å². The summed E-state index contributed by atoms with van der Waals surface area (Å²) in [7, 11) is 0. The van der Waals surface area contributed by atoms with Crippen molar-refractivity contribution in [2.45, 2.75) is 26.8 Å². The third-order valence-corrected chi connectivity index (χ3v) is 4.27. The Labute approximate surface area is 152 Å². The molecular formula is C21H23N3O2. The second kappa shape index (κ2) is 7.95. The topological polar surface area (TPSA) is 64.0 Å². The molecule has 134 valence electrons. The SMILES string of the molecule is CC(C)CCNC(=O)Cn1nc(-c2cccc3ccccc23)ccc1=O. The molecule has 0 aliphatic rings. The Hall–Kier alpha value is -2.95. The van der Waals surface area contributed by atoms with E-state index in [4.69, 9.17) is 0 Å². The molecule has 1 aromatic heterocycles. The van der Waals surface area contributed by atoms with E-state index in [1.165, 1.54) is 10.7 Å². The molecule has 0 radical (unpaired) electrons. The molecule has 0 atom stereocenters. The van der Waals surface area contributed by atoms with Gasteiger partial charge in [0, 0.05) is 18.2 Å². The van der Waals surface area contributed by atoms with Crippen molar-refractivity contribution >= 4 is 16.7 Å². The Morgan fingerprint density at radius 1 is 1.08 bits per heavy atom. The monoisotopic (exact) mass is 349 g/mol. The Morgan fingerprint density at radius 3 is 2.65 bits per heavy atom. The van der Waals surface area contributed by atoms with Gasteiger partial charge in [0.15, 0.2) is 0 Å². The summed E-state index contributed by atoms with van der Waals surface area (Å²) in [5.74, 6) is 0.321. The highest BCUT2D eigenvalue weighted by Crippen LogP contribution is 2.26. The van der Waals surface area contributed by atoms with E-state index >= 15 is 0 Å². The zero-order valence-corrected chi connectivity index (χ0v) is 15.1. The van der Waals surface area contributed by atoms with Crippen molar-refractivity contribution in [1.82, 2.24) is 15.1 Å². The smallest absolute Gasteiger partial charge is 0.267 e. The first-order chi connectivity index (χ1) is 12.5. The molecule has 0 fully saturated rings. The molecule has 0 unspecified atom stereocenters. The normalized spacial score (nSPS) is 11.0. The van der Waals surface area contributed by atoms with Gasteiger partial charge in [-0.25, -0.2) is 4.68 Å². The Bertz CT molecular complexity index is 971. The zero-order valence-electron chi connectivity index (χ0n) is 15.1. The Kier molecular flexibility index (Phi) is 5.46. The average Bonchev–Trinajstić information content (AvgIpc) is 2.63. The van der Waals surface area contributed by atoms with Gasteiger partial charge in [0.1, 0.15) is 6.54 Å². The minimum absolute atomic E-state index is 0.0739. The lowest BCUT2D eigenvalue weighted by molar-refractivity contribution is -0.121. The number of rotatable bonds is 6. The fraction of sp³-hybridized carbons (Fsp3) is 0.286. The van der Waals surface area contributed by atoms with Crippen LogP contribution in [-0.4, -0.2) is 22.2 Å². The molecule has 26 heavy (non-hydrogen) atoms. The summed E-state index contributed by atoms with van der Waals surface area (Å²) in [5, 5.41) is 9.43. The fourth-order valence-electron chi connectivity index (χ4n) is 2.85. The first kappa shape index (κ1) is 17.9. The van der Waals surface area contributed by atoms with Gasteiger partial charge in [0.05, 0.1) is 5.69 Å². The largest absolute Gasteiger partial charge is 0.354 e. The van der Waals surface area contributed by atoms with E-state index in [0.29, 0.717) is 18.2 Å². The third-order valence-electron chi connectivity index (χ3n) is 4.27. The van der Waals surface area contributed by atoms with Gasteiger partial charge in [-0.2, -0.15) is 5.10 Å². The zero-order chi connectivity index (χ0) is 18.5. The highest BCUT2D eigenvalue weighted by Gasteiger charge is 2.10. The van der Waals surface area contributed by atoms with Gasteiger partial charge >= 0.3 is 0 Å². The van der Waals surface area contributed by atoms with Crippen LogP contribution in [-0.2, 0) is 11.3 Å². The van der Waals surface area contributed by atoms with Crippen LogP contribution >= 0.6 is 0 Å². The van der Waals surface area contributed by atoms with E-state index in [1.54, 1.807) is 6.07 Å². The lowest BCUT2D eigenvalue weighted by Crippen LogP contribution is -2.34. The minimum Gasteiger partial charge on any atom is -0.354 e. The van der Waals surface area contributed by atoms with Gasteiger partial charge in [0.2, 0.25) is 5.91 Å². The van der Waals surface area contributed by atoms with E-state index in [0.717, 1.165) is 22.8 Å². The predicted molar refractivity (Wildman–Crippen MR) is 104 cm³/mol. The van der Waals surface area contributed by atoms with Crippen molar-refractivity contribution in [1.29, 1.82) is 0 Å². The number of fused-ring (bicyclic) bond motifs is 1. The molecule has 0 bridgehead atoms. The van der Waals surface area contributed by atoms with Crippen LogP contribution in [0.3, 0.4) is 0 Å². The number of carbonyl (C=O) groups is 1. The van der Waals surface area contributed by atoms with Crippen molar-refractivity contribution in [3.8, 4) is 11.3 Å². The van der Waals surface area contributed by atoms with Gasteiger partial charge in [-0.15, -0.1) is 0 Å². The summed E-state index contributed by atoms with van der Waals surface area (Å²) in [4.78, 5) is 24.2. The van der Waals surface area contributed by atoms with Gasteiger partial charge in [-0.05, 0) is 29.2 Å². The average molecular weight is 349 g/mol. The van der Waals surface area contributed by atoms with Gasteiger partial charge in [0.25, 0.3) is 5.56 Å². The highest BCUT2D eigenvalue weighted by atomic mass is 16.2. The number of benzene rings is 2. The second-order valence-corrected chi connectivity index (χ2v) is 6.77. The summed E-state index contributed by atoms with van der Waals surface area (Å²) in [6.45, 7) is 4.74. The van der Waals surface area contributed by atoms with Crippen LogP contribution in [0.4, 0.5) is 0 Å². The van der Waals surface area contributed by atoms with Crippen LogP contribution in [0.25, 0.3) is 22.0 Å². The molecule has 0 spiro atoms. The molecule has 0 saturated carbocycles. The quantitative estimate of drug-likeness (QED) is 0.743. The molecule has 1 amide bonds. The van der Waals surface area contributed by atoms with E-state index < -0.39 is 0 Å². The maximum atomic E-state index is 12.1. The van der Waals surface area contributed by atoms with Crippen LogP contribution in [0.5, 0.6) is 0 Å². The molecule has 1 heterocycles. The van der Waals surface area contributed by atoms with Crippen molar-refractivity contribution < 1.29 is 4.79 Å². The molecule has 5 heteroatoms. The van der Waals surface area contributed by atoms with Crippen LogP contribution in [0, 0.1) is 5.92 Å². The third kappa shape index (κ3) is 4.17. The number of hydrogen-bond acceptors (Lipinski definition) is 3. The van der Waals surface area contributed by atoms with Crippen LogP contribution in [0.15, 0.2) is 59.4 Å². The van der Waals surface area contributed by atoms with Crippen molar-refractivity contribution in [2.24, 2.45) is 5.92 Å². The van der Waals surface area contributed by atoms with Crippen LogP contribution in [0.1, 0.15) is 20.3 Å². The predicted octanol–water partition coefficient (Wildman–Crippen LogP) is 3.23. The van der Waals surface area contributed by atoms with Crippen LogP contribution < -0.4 is 10.9 Å². The molecule has 5 nitrogen and oxygen atoms in total. The van der Waals surface area contributed by atoms with Gasteiger partial charge < -0.3 is 5.32 Å². The van der Waals surface area contributed by atoms with Crippen molar-refractivity contribution in [3.05, 3.63) is 65.0 Å². The maximum absolute atomic E-state index is 12.1. The number of aromatic nitrogens is 2. The fourth-order valence-corrected chi connectivity index (χ4v) is 2.85. The first-order valence-electron chi connectivity index (χ1n) is 8.87. The number of nitrogens with zero attached hydrogens (tertiary/aromatic N) is 2. The van der Waals surface area contributed by atoms with E-state index in [2.05, 4.69) is 24.3 Å². The van der Waals surface area contributed by atoms with Crippen molar-refractivity contribution in [3.63, 3.8) is 0 Å². The summed E-state index contributed by atoms with van der Waals surface area (Å²) in [6, 6.07) is 17.2. The van der Waals surface area contributed by atoms with E-state index in [-0.39, 0.29) is 18.0 Å².